The molecule has 0 aliphatic carbocycles. The first-order valence-corrected chi connectivity index (χ1v) is 5.45. The molecule has 0 fully saturated rings. The van der Waals surface area contributed by atoms with Crippen LogP contribution in [0.5, 0.6) is 0 Å². The molecular formula is C13H18N2. The van der Waals surface area contributed by atoms with Crippen LogP contribution in [0, 0.1) is 0 Å². The van der Waals surface area contributed by atoms with Crippen LogP contribution in [0.25, 0.3) is 0 Å². The van der Waals surface area contributed by atoms with Gasteiger partial charge >= 0.3 is 0 Å². The van der Waals surface area contributed by atoms with Gasteiger partial charge in [0.2, 0.25) is 0 Å². The Labute approximate surface area is 91.6 Å². The zero-order chi connectivity index (χ0) is 10.7. The van der Waals surface area contributed by atoms with Crippen molar-refractivity contribution in [2.75, 3.05) is 25.5 Å². The highest BCUT2D eigenvalue weighted by atomic mass is 15.1. The number of nitrogens with one attached hydrogen (secondary N) is 1. The normalized spacial score (nSPS) is 18.0. The summed E-state index contributed by atoms with van der Waals surface area (Å²) >= 11 is 0. The predicted octanol–water partition coefficient (Wildman–Crippen LogP) is 2.71. The highest BCUT2D eigenvalue weighted by molar-refractivity contribution is 5.49. The lowest BCUT2D eigenvalue weighted by atomic mass is 10.1. The molecule has 15 heavy (non-hydrogen) atoms. The number of rotatable bonds is 2. The molecule has 0 aromatic heterocycles. The molecule has 2 heteroatoms. The van der Waals surface area contributed by atoms with Crippen molar-refractivity contribution in [3.63, 3.8) is 0 Å². The standard InChI is InChI=1S/C13H18N2/c1-11-10-15(2)9-8-13(11)14-12-6-4-3-5-7-12/h3-7,14H,8-10H2,1-2H3. The van der Waals surface area contributed by atoms with E-state index >= 15 is 0 Å². The van der Waals surface area contributed by atoms with Gasteiger partial charge in [-0.15, -0.1) is 0 Å². The summed E-state index contributed by atoms with van der Waals surface area (Å²) in [6.45, 7) is 4.43. The number of nitrogens with zero attached hydrogens (tertiary/aromatic N) is 1. The van der Waals surface area contributed by atoms with Gasteiger partial charge in [0.15, 0.2) is 0 Å². The summed E-state index contributed by atoms with van der Waals surface area (Å²) in [5, 5.41) is 3.50. The summed E-state index contributed by atoms with van der Waals surface area (Å²) in [6.07, 6.45) is 1.12. The van der Waals surface area contributed by atoms with Crippen LogP contribution in [0.3, 0.4) is 0 Å². The third-order valence-electron chi connectivity index (χ3n) is 2.83. The molecule has 1 aromatic rings. The summed E-state index contributed by atoms with van der Waals surface area (Å²) in [5.74, 6) is 0. The first-order valence-electron chi connectivity index (χ1n) is 5.45. The van der Waals surface area contributed by atoms with Crippen molar-refractivity contribution in [1.82, 2.24) is 4.90 Å². The Hall–Kier alpha value is -1.28. The zero-order valence-electron chi connectivity index (χ0n) is 9.46. The molecule has 0 bridgehead atoms. The molecule has 0 radical (unpaired) electrons. The fourth-order valence-corrected chi connectivity index (χ4v) is 1.96. The van der Waals surface area contributed by atoms with Crippen LogP contribution < -0.4 is 5.32 Å². The molecule has 1 aliphatic rings. The minimum absolute atomic E-state index is 1.08. The number of anilines is 1. The van der Waals surface area contributed by atoms with Crippen molar-refractivity contribution in [3.05, 3.63) is 41.6 Å². The third kappa shape index (κ3) is 2.60. The van der Waals surface area contributed by atoms with Gasteiger partial charge in [-0.1, -0.05) is 18.2 Å². The fourth-order valence-electron chi connectivity index (χ4n) is 1.96. The molecule has 0 atom stereocenters. The van der Waals surface area contributed by atoms with E-state index in [0.717, 1.165) is 19.5 Å². The van der Waals surface area contributed by atoms with E-state index in [1.807, 2.05) is 6.07 Å². The Balaban J connectivity index is 2.09. The van der Waals surface area contributed by atoms with Gasteiger partial charge in [0.1, 0.15) is 0 Å². The van der Waals surface area contributed by atoms with E-state index in [0.29, 0.717) is 0 Å². The zero-order valence-corrected chi connectivity index (χ0v) is 9.46. The Kier molecular flexibility index (Phi) is 3.07. The van der Waals surface area contributed by atoms with Crippen molar-refractivity contribution < 1.29 is 0 Å². The Bertz CT molecular complexity index is 354. The second-order valence-electron chi connectivity index (χ2n) is 4.24. The number of likely N-dealkylation sites (N-methyl/N-ethyl adjacent to an activating group) is 1. The number of hydrogen-bond donors (Lipinski definition) is 1. The van der Waals surface area contributed by atoms with Crippen LogP contribution >= 0.6 is 0 Å². The van der Waals surface area contributed by atoms with E-state index in [1.54, 1.807) is 0 Å². The van der Waals surface area contributed by atoms with E-state index in [-0.39, 0.29) is 0 Å². The van der Waals surface area contributed by atoms with E-state index < -0.39 is 0 Å². The SMILES string of the molecule is CC1=C(Nc2ccccc2)CCN(C)C1. The highest BCUT2D eigenvalue weighted by Gasteiger charge is 2.12. The molecular weight excluding hydrogens is 184 g/mol. The number of benzene rings is 1. The van der Waals surface area contributed by atoms with Crippen LogP contribution in [0.15, 0.2) is 41.6 Å². The molecule has 1 heterocycles. The topological polar surface area (TPSA) is 15.3 Å². The highest BCUT2D eigenvalue weighted by Crippen LogP contribution is 2.19. The van der Waals surface area contributed by atoms with Gasteiger partial charge in [-0.2, -0.15) is 0 Å². The first kappa shape index (κ1) is 10.2. The van der Waals surface area contributed by atoms with Gasteiger partial charge in [-0.25, -0.2) is 0 Å². The molecule has 0 saturated carbocycles. The number of hydrogen-bond acceptors (Lipinski definition) is 2. The second-order valence-corrected chi connectivity index (χ2v) is 4.24. The summed E-state index contributed by atoms with van der Waals surface area (Å²) in [6, 6.07) is 10.4. The summed E-state index contributed by atoms with van der Waals surface area (Å²) in [4.78, 5) is 2.35. The van der Waals surface area contributed by atoms with Gasteiger partial charge < -0.3 is 10.2 Å². The van der Waals surface area contributed by atoms with Crippen LogP contribution in [0.1, 0.15) is 13.3 Å². The summed E-state index contributed by atoms with van der Waals surface area (Å²) < 4.78 is 0. The quantitative estimate of drug-likeness (QED) is 0.793. The van der Waals surface area contributed by atoms with Crippen molar-refractivity contribution in [2.45, 2.75) is 13.3 Å². The molecule has 0 saturated heterocycles. The monoisotopic (exact) mass is 202 g/mol. The second kappa shape index (κ2) is 4.49. The Morgan fingerprint density at radius 1 is 1.20 bits per heavy atom. The van der Waals surface area contributed by atoms with Crippen molar-refractivity contribution >= 4 is 5.69 Å². The van der Waals surface area contributed by atoms with Crippen LogP contribution in [0.2, 0.25) is 0 Å². The maximum Gasteiger partial charge on any atom is 0.0381 e. The average molecular weight is 202 g/mol. The van der Waals surface area contributed by atoms with Crippen LogP contribution in [-0.4, -0.2) is 25.0 Å². The van der Waals surface area contributed by atoms with E-state index in [2.05, 4.69) is 48.5 Å². The van der Waals surface area contributed by atoms with Crippen molar-refractivity contribution in [3.8, 4) is 0 Å². The van der Waals surface area contributed by atoms with Gasteiger partial charge in [0, 0.05) is 30.9 Å². The largest absolute Gasteiger partial charge is 0.359 e. The molecule has 0 spiro atoms. The molecule has 2 rings (SSSR count). The maximum absolute atomic E-state index is 3.50. The lowest BCUT2D eigenvalue weighted by molar-refractivity contribution is 0.348. The van der Waals surface area contributed by atoms with Gasteiger partial charge in [-0.05, 0) is 31.7 Å². The van der Waals surface area contributed by atoms with Gasteiger partial charge in [0.05, 0.1) is 0 Å². The minimum Gasteiger partial charge on any atom is -0.359 e. The predicted molar refractivity (Wildman–Crippen MR) is 64.9 cm³/mol. The molecule has 2 nitrogen and oxygen atoms in total. The lowest BCUT2D eigenvalue weighted by Gasteiger charge is -2.26. The van der Waals surface area contributed by atoms with Crippen molar-refractivity contribution in [1.29, 1.82) is 0 Å². The number of para-hydroxylation sites is 1. The van der Waals surface area contributed by atoms with E-state index in [9.17, 15) is 0 Å². The maximum atomic E-state index is 3.50. The Morgan fingerprint density at radius 2 is 1.93 bits per heavy atom. The molecule has 1 aliphatic heterocycles. The summed E-state index contributed by atoms with van der Waals surface area (Å²) in [5.41, 5.74) is 4.03. The van der Waals surface area contributed by atoms with E-state index in [1.165, 1.54) is 17.0 Å². The molecule has 80 valence electrons. The Morgan fingerprint density at radius 3 is 2.60 bits per heavy atom. The van der Waals surface area contributed by atoms with E-state index in [4.69, 9.17) is 0 Å². The van der Waals surface area contributed by atoms with Crippen molar-refractivity contribution in [2.24, 2.45) is 0 Å². The smallest absolute Gasteiger partial charge is 0.0381 e. The lowest BCUT2D eigenvalue weighted by Crippen LogP contribution is -2.28. The summed E-state index contributed by atoms with van der Waals surface area (Å²) in [7, 11) is 2.17. The fraction of sp³-hybridized carbons (Fsp3) is 0.385. The van der Waals surface area contributed by atoms with Gasteiger partial charge in [0.25, 0.3) is 0 Å². The molecule has 1 N–H and O–H groups in total. The molecule has 0 amide bonds. The van der Waals surface area contributed by atoms with Crippen LogP contribution in [-0.2, 0) is 0 Å². The van der Waals surface area contributed by atoms with Gasteiger partial charge in [-0.3, -0.25) is 0 Å². The molecule has 1 aromatic carbocycles. The first-order chi connectivity index (χ1) is 7.25. The van der Waals surface area contributed by atoms with Crippen LogP contribution in [0.4, 0.5) is 5.69 Å². The average Bonchev–Trinajstić information content (AvgIpc) is 2.24. The molecule has 0 unspecified atom stereocenters. The minimum atomic E-state index is 1.08. The third-order valence-corrected chi connectivity index (χ3v) is 2.83.